The number of nitrogens with one attached hydrogen (secondary N) is 1. The number of hydrogen-bond donors (Lipinski definition) is 1. The lowest BCUT2D eigenvalue weighted by atomic mass is 10.2. The van der Waals surface area contributed by atoms with E-state index in [1.165, 1.54) is 0 Å². The number of hydrogen-bond acceptors (Lipinski definition) is 2. The summed E-state index contributed by atoms with van der Waals surface area (Å²) < 4.78 is 39.3. The summed E-state index contributed by atoms with van der Waals surface area (Å²) in [5.74, 6) is -0.815. The number of thioether (sulfide) groups is 1. The van der Waals surface area contributed by atoms with Gasteiger partial charge in [-0.25, -0.2) is 0 Å². The van der Waals surface area contributed by atoms with Gasteiger partial charge in [0, 0.05) is 16.7 Å². The number of benzene rings is 2. The highest BCUT2D eigenvalue weighted by atomic mass is 32.2. The van der Waals surface area contributed by atoms with Crippen LogP contribution >= 0.6 is 11.8 Å². The van der Waals surface area contributed by atoms with Crippen LogP contribution in [0.1, 0.15) is 5.56 Å². The molecule has 0 atom stereocenters. The number of allylic oxidation sites excluding steroid dienone is 1. The molecule has 0 radical (unpaired) electrons. The quantitative estimate of drug-likeness (QED) is 0.616. The third-order valence-corrected chi connectivity index (χ3v) is 3.91. The van der Waals surface area contributed by atoms with Gasteiger partial charge in [0.25, 0.3) is 0 Å². The first kappa shape index (κ1) is 17.1. The fraction of sp³-hybridized carbons (Fsp3) is 0.118. The van der Waals surface area contributed by atoms with Gasteiger partial charge in [-0.2, -0.15) is 13.2 Å². The highest BCUT2D eigenvalue weighted by molar-refractivity contribution is 8.03. The Labute approximate surface area is 136 Å². The predicted octanol–water partition coefficient (Wildman–Crippen LogP) is 5.17. The maximum absolute atomic E-state index is 13.1. The molecule has 0 saturated carbocycles. The maximum atomic E-state index is 13.1. The van der Waals surface area contributed by atoms with E-state index < -0.39 is 17.0 Å². The van der Waals surface area contributed by atoms with Crippen molar-refractivity contribution in [2.75, 3.05) is 5.32 Å². The number of aryl methyl sites for hydroxylation is 1. The van der Waals surface area contributed by atoms with Crippen LogP contribution in [-0.4, -0.2) is 12.1 Å². The van der Waals surface area contributed by atoms with Crippen LogP contribution in [-0.2, 0) is 4.79 Å². The molecule has 0 spiro atoms. The first-order chi connectivity index (χ1) is 10.8. The van der Waals surface area contributed by atoms with Crippen molar-refractivity contribution in [1.29, 1.82) is 0 Å². The second kappa shape index (κ2) is 7.37. The van der Waals surface area contributed by atoms with Crippen LogP contribution in [0, 0.1) is 6.92 Å². The molecule has 0 heterocycles. The summed E-state index contributed by atoms with van der Waals surface area (Å²) in [4.78, 5) is 11.3. The summed E-state index contributed by atoms with van der Waals surface area (Å²) in [6, 6.07) is 14.9. The van der Waals surface area contributed by atoms with E-state index in [0.29, 0.717) is 28.4 Å². The number of anilines is 1. The molecule has 0 aliphatic heterocycles. The van der Waals surface area contributed by atoms with Gasteiger partial charge in [0.05, 0.1) is 4.91 Å². The smallest absolute Gasteiger partial charge is 0.322 e. The largest absolute Gasteiger partial charge is 0.422 e. The number of halogens is 3. The van der Waals surface area contributed by atoms with Gasteiger partial charge in [0.1, 0.15) is 0 Å². The van der Waals surface area contributed by atoms with E-state index in [4.69, 9.17) is 0 Å². The molecule has 1 N–H and O–H groups in total. The second-order valence-corrected chi connectivity index (χ2v) is 5.89. The Kier molecular flexibility index (Phi) is 5.50. The summed E-state index contributed by atoms with van der Waals surface area (Å²) in [6.45, 7) is 1.88. The molecule has 0 saturated heterocycles. The number of amides is 1. The summed E-state index contributed by atoms with van der Waals surface area (Å²) in [6.07, 6.45) is -4.01. The second-order valence-electron chi connectivity index (χ2n) is 4.78. The summed E-state index contributed by atoms with van der Waals surface area (Å²) in [7, 11) is 0. The minimum Gasteiger partial charge on any atom is -0.322 e. The van der Waals surface area contributed by atoms with Gasteiger partial charge >= 0.3 is 6.18 Å². The van der Waals surface area contributed by atoms with Crippen LogP contribution in [0.4, 0.5) is 18.9 Å². The molecule has 0 aromatic heterocycles. The van der Waals surface area contributed by atoms with Gasteiger partial charge in [-0.15, -0.1) is 0 Å². The molecule has 23 heavy (non-hydrogen) atoms. The molecule has 0 aliphatic rings. The van der Waals surface area contributed by atoms with Crippen molar-refractivity contribution >= 4 is 23.4 Å². The van der Waals surface area contributed by atoms with E-state index in [9.17, 15) is 18.0 Å². The van der Waals surface area contributed by atoms with Gasteiger partial charge in [0.15, 0.2) is 0 Å². The third-order valence-electron chi connectivity index (χ3n) is 2.83. The average Bonchev–Trinajstić information content (AvgIpc) is 2.49. The van der Waals surface area contributed by atoms with Gasteiger partial charge in [-0.1, -0.05) is 47.7 Å². The lowest BCUT2D eigenvalue weighted by Crippen LogP contribution is -2.15. The molecular weight excluding hydrogens is 323 g/mol. The molecule has 2 aromatic rings. The van der Waals surface area contributed by atoms with Crippen molar-refractivity contribution in [2.45, 2.75) is 18.0 Å². The first-order valence-electron chi connectivity index (χ1n) is 6.74. The van der Waals surface area contributed by atoms with Crippen LogP contribution in [0.2, 0.25) is 0 Å². The molecule has 1 amide bonds. The van der Waals surface area contributed by atoms with Crippen LogP contribution < -0.4 is 5.32 Å². The van der Waals surface area contributed by atoms with E-state index in [1.807, 2.05) is 6.92 Å². The molecule has 0 aliphatic carbocycles. The molecule has 0 fully saturated rings. The molecule has 2 aromatic carbocycles. The number of carbonyl (C=O) groups is 1. The molecule has 6 heteroatoms. The minimum absolute atomic E-state index is 0.416. The summed E-state index contributed by atoms with van der Waals surface area (Å²) in [5.41, 5.74) is 1.44. The van der Waals surface area contributed by atoms with Crippen LogP contribution in [0.15, 0.2) is 70.5 Å². The minimum atomic E-state index is -4.59. The highest BCUT2D eigenvalue weighted by Crippen LogP contribution is 2.38. The molecule has 2 rings (SSSR count). The van der Waals surface area contributed by atoms with Gasteiger partial charge in [-0.05, 0) is 31.2 Å². The van der Waals surface area contributed by atoms with Crippen LogP contribution in [0.5, 0.6) is 0 Å². The van der Waals surface area contributed by atoms with Gasteiger partial charge in [-0.3, -0.25) is 4.79 Å². The van der Waals surface area contributed by atoms with Crippen LogP contribution in [0.25, 0.3) is 0 Å². The Morgan fingerprint density at radius 1 is 1.04 bits per heavy atom. The van der Waals surface area contributed by atoms with E-state index >= 15 is 0 Å². The number of carbonyl (C=O) groups excluding carboxylic acids is 1. The van der Waals surface area contributed by atoms with Gasteiger partial charge in [0.2, 0.25) is 5.91 Å². The van der Waals surface area contributed by atoms with Crippen molar-refractivity contribution < 1.29 is 18.0 Å². The highest BCUT2D eigenvalue weighted by Gasteiger charge is 2.35. The average molecular weight is 337 g/mol. The zero-order valence-electron chi connectivity index (χ0n) is 12.2. The fourth-order valence-corrected chi connectivity index (χ4v) is 2.55. The number of rotatable bonds is 4. The van der Waals surface area contributed by atoms with E-state index in [-0.39, 0.29) is 0 Å². The normalized spacial score (nSPS) is 12.1. The third kappa shape index (κ3) is 5.49. The Balaban J connectivity index is 2.16. The van der Waals surface area contributed by atoms with Crippen molar-refractivity contribution in [3.05, 3.63) is 71.1 Å². The number of alkyl halides is 3. The Hall–Kier alpha value is -2.21. The molecule has 2 nitrogen and oxygen atoms in total. The van der Waals surface area contributed by atoms with Crippen LogP contribution in [0.3, 0.4) is 0 Å². The Morgan fingerprint density at radius 2 is 1.65 bits per heavy atom. The Morgan fingerprint density at radius 3 is 2.22 bits per heavy atom. The van der Waals surface area contributed by atoms with E-state index in [1.54, 1.807) is 54.6 Å². The SMILES string of the molecule is Cc1ccc(NC(=O)/C=C(/Sc2ccccc2)C(F)(F)F)cc1. The molecular formula is C17H14F3NOS. The Bertz CT molecular complexity index is 694. The summed E-state index contributed by atoms with van der Waals surface area (Å²) in [5, 5.41) is 2.43. The van der Waals surface area contributed by atoms with E-state index in [0.717, 1.165) is 5.56 Å². The van der Waals surface area contributed by atoms with Gasteiger partial charge < -0.3 is 5.32 Å². The van der Waals surface area contributed by atoms with E-state index in [2.05, 4.69) is 5.32 Å². The first-order valence-corrected chi connectivity index (χ1v) is 7.56. The maximum Gasteiger partial charge on any atom is 0.422 e. The zero-order chi connectivity index (χ0) is 16.9. The lowest BCUT2D eigenvalue weighted by molar-refractivity contribution is -0.113. The van der Waals surface area contributed by atoms with Crippen molar-refractivity contribution in [3.8, 4) is 0 Å². The molecule has 0 unspecified atom stereocenters. The fourth-order valence-electron chi connectivity index (χ4n) is 1.72. The monoisotopic (exact) mass is 337 g/mol. The lowest BCUT2D eigenvalue weighted by Gasteiger charge is -2.11. The topological polar surface area (TPSA) is 29.1 Å². The summed E-state index contributed by atoms with van der Waals surface area (Å²) >= 11 is 0.512. The predicted molar refractivity (Wildman–Crippen MR) is 86.2 cm³/mol. The zero-order valence-corrected chi connectivity index (χ0v) is 13.0. The molecule has 120 valence electrons. The standard InChI is InChI=1S/C17H14F3NOS/c1-12-7-9-13(10-8-12)21-16(22)11-15(17(18,19)20)23-14-5-3-2-4-6-14/h2-11H,1H3,(H,21,22)/b15-11+. The van der Waals surface area contributed by atoms with Crippen molar-refractivity contribution in [2.24, 2.45) is 0 Å². The molecule has 0 bridgehead atoms. The van der Waals surface area contributed by atoms with Crippen molar-refractivity contribution in [1.82, 2.24) is 0 Å². The van der Waals surface area contributed by atoms with Crippen molar-refractivity contribution in [3.63, 3.8) is 0 Å².